The number of methoxy groups -OCH3 is 1. The fourth-order valence-corrected chi connectivity index (χ4v) is 5.38. The summed E-state index contributed by atoms with van der Waals surface area (Å²) < 4.78 is 34.6. The summed E-state index contributed by atoms with van der Waals surface area (Å²) >= 11 is 3.33. The third kappa shape index (κ3) is 4.56. The second kappa shape index (κ2) is 8.62. The molecule has 28 heavy (non-hydrogen) atoms. The predicted molar refractivity (Wildman–Crippen MR) is 108 cm³/mol. The zero-order valence-electron chi connectivity index (χ0n) is 15.8. The van der Waals surface area contributed by atoms with E-state index in [9.17, 15) is 13.2 Å². The molecule has 0 radical (unpaired) electrons. The molecule has 1 fully saturated rings. The summed E-state index contributed by atoms with van der Waals surface area (Å²) in [4.78, 5) is 12.3. The van der Waals surface area contributed by atoms with Gasteiger partial charge in [0.15, 0.2) is 0 Å². The number of ether oxygens (including phenoxy) is 1. The summed E-state index contributed by atoms with van der Waals surface area (Å²) in [5, 5.41) is 6.89. The lowest BCUT2D eigenvalue weighted by Crippen LogP contribution is -2.41. The third-order valence-corrected chi connectivity index (χ3v) is 7.37. The Balaban J connectivity index is 1.55. The van der Waals surface area contributed by atoms with E-state index in [-0.39, 0.29) is 16.7 Å². The molecule has 0 spiro atoms. The van der Waals surface area contributed by atoms with E-state index < -0.39 is 10.0 Å². The van der Waals surface area contributed by atoms with Gasteiger partial charge >= 0.3 is 0 Å². The van der Waals surface area contributed by atoms with E-state index in [2.05, 4.69) is 26.3 Å². The average Bonchev–Trinajstić information content (AvgIpc) is 3.13. The lowest BCUT2D eigenvalue weighted by Gasteiger charge is -2.31. The molecule has 1 N–H and O–H groups in total. The molecule has 8 nitrogen and oxygen atoms in total. The fourth-order valence-electron chi connectivity index (χ4n) is 3.19. The number of carbonyl (C=O) groups excluding carboxylic acids is 1. The van der Waals surface area contributed by atoms with Crippen LogP contribution in [0.2, 0.25) is 0 Å². The first-order valence-corrected chi connectivity index (χ1v) is 11.1. The second-order valence-electron chi connectivity index (χ2n) is 6.76. The molecule has 1 saturated heterocycles. The minimum Gasteiger partial charge on any atom is -0.496 e. The number of hydrogen-bond acceptors (Lipinski definition) is 5. The number of sulfonamides is 1. The largest absolute Gasteiger partial charge is 0.496 e. The van der Waals surface area contributed by atoms with Crippen LogP contribution in [0.4, 0.5) is 0 Å². The van der Waals surface area contributed by atoms with Gasteiger partial charge in [0.25, 0.3) is 5.91 Å². The molecule has 1 aliphatic rings. The molecular formula is C18H23BrN4O4S. The molecule has 3 rings (SSSR count). The van der Waals surface area contributed by atoms with E-state index >= 15 is 0 Å². The van der Waals surface area contributed by atoms with E-state index in [0.29, 0.717) is 48.3 Å². The van der Waals surface area contributed by atoms with E-state index in [0.717, 1.165) is 0 Å². The highest BCUT2D eigenvalue weighted by molar-refractivity contribution is 9.10. The van der Waals surface area contributed by atoms with Gasteiger partial charge in [-0.15, -0.1) is 0 Å². The van der Waals surface area contributed by atoms with Gasteiger partial charge in [-0.05, 0) is 52.9 Å². The summed E-state index contributed by atoms with van der Waals surface area (Å²) in [6.45, 7) is 1.38. The highest BCUT2D eigenvalue weighted by atomic mass is 79.9. The van der Waals surface area contributed by atoms with Gasteiger partial charge < -0.3 is 10.1 Å². The number of rotatable bonds is 6. The van der Waals surface area contributed by atoms with Crippen molar-refractivity contribution in [2.45, 2.75) is 17.7 Å². The van der Waals surface area contributed by atoms with Gasteiger partial charge in [-0.3, -0.25) is 9.48 Å². The summed E-state index contributed by atoms with van der Waals surface area (Å²) in [6.07, 6.45) is 4.59. The highest BCUT2D eigenvalue weighted by Gasteiger charge is 2.30. The molecule has 2 heterocycles. The fraction of sp³-hybridized carbons (Fsp3) is 0.444. The number of aromatic nitrogens is 2. The molecule has 0 saturated carbocycles. The Hall–Kier alpha value is -1.91. The number of hydrogen-bond donors (Lipinski definition) is 1. The summed E-state index contributed by atoms with van der Waals surface area (Å²) in [6, 6.07) is 4.76. The smallest absolute Gasteiger partial charge is 0.254 e. The van der Waals surface area contributed by atoms with Gasteiger partial charge in [-0.2, -0.15) is 9.40 Å². The summed E-state index contributed by atoms with van der Waals surface area (Å²) in [5.74, 6) is 0.669. The van der Waals surface area contributed by atoms with Crippen LogP contribution in [0.1, 0.15) is 23.2 Å². The van der Waals surface area contributed by atoms with Gasteiger partial charge in [0, 0.05) is 32.9 Å². The molecule has 0 aliphatic carbocycles. The molecule has 0 bridgehead atoms. The SMILES string of the molecule is COc1ccc(S(=O)(=O)N2CCC(CNC(=O)c3cnn(C)c3)CC2)cc1Br. The van der Waals surface area contributed by atoms with Crippen LogP contribution in [0.15, 0.2) is 40.0 Å². The van der Waals surface area contributed by atoms with Crippen LogP contribution in [0.5, 0.6) is 5.75 Å². The maximum absolute atomic E-state index is 12.9. The number of nitrogens with one attached hydrogen (secondary N) is 1. The van der Waals surface area contributed by atoms with Crippen molar-refractivity contribution in [3.05, 3.63) is 40.6 Å². The zero-order valence-corrected chi connectivity index (χ0v) is 18.2. The van der Waals surface area contributed by atoms with E-state index in [1.54, 1.807) is 36.1 Å². The van der Waals surface area contributed by atoms with Crippen LogP contribution in [-0.4, -0.2) is 55.2 Å². The van der Waals surface area contributed by atoms with Crippen molar-refractivity contribution in [2.75, 3.05) is 26.7 Å². The minimum absolute atomic E-state index is 0.161. The molecular weight excluding hydrogens is 448 g/mol. The molecule has 0 unspecified atom stereocenters. The van der Waals surface area contributed by atoms with Gasteiger partial charge in [0.05, 0.1) is 28.2 Å². The molecule has 1 aromatic carbocycles. The number of piperidine rings is 1. The Morgan fingerprint density at radius 3 is 2.64 bits per heavy atom. The zero-order chi connectivity index (χ0) is 20.3. The number of nitrogens with zero attached hydrogens (tertiary/aromatic N) is 3. The van der Waals surface area contributed by atoms with Crippen molar-refractivity contribution in [2.24, 2.45) is 13.0 Å². The Morgan fingerprint density at radius 1 is 1.36 bits per heavy atom. The Morgan fingerprint density at radius 2 is 2.07 bits per heavy atom. The maximum Gasteiger partial charge on any atom is 0.254 e. The van der Waals surface area contributed by atoms with Gasteiger partial charge in [-0.25, -0.2) is 8.42 Å². The Labute approximate surface area is 173 Å². The van der Waals surface area contributed by atoms with Crippen molar-refractivity contribution in [1.29, 1.82) is 0 Å². The molecule has 2 aromatic rings. The van der Waals surface area contributed by atoms with Crippen LogP contribution in [0.25, 0.3) is 0 Å². The van der Waals surface area contributed by atoms with Crippen LogP contribution in [0, 0.1) is 5.92 Å². The van der Waals surface area contributed by atoms with Gasteiger partial charge in [-0.1, -0.05) is 0 Å². The Kier molecular flexibility index (Phi) is 6.41. The minimum atomic E-state index is -3.56. The molecule has 10 heteroatoms. The Bertz CT molecular complexity index is 952. The van der Waals surface area contributed by atoms with Crippen LogP contribution in [0.3, 0.4) is 0 Å². The van der Waals surface area contributed by atoms with Crippen LogP contribution in [-0.2, 0) is 17.1 Å². The third-order valence-electron chi connectivity index (χ3n) is 4.85. The quantitative estimate of drug-likeness (QED) is 0.696. The first kappa shape index (κ1) is 20.8. The van der Waals surface area contributed by atoms with Crippen molar-refractivity contribution >= 4 is 31.9 Å². The molecule has 1 aliphatic heterocycles. The number of aryl methyl sites for hydroxylation is 1. The monoisotopic (exact) mass is 470 g/mol. The van der Waals surface area contributed by atoms with Gasteiger partial charge in [0.2, 0.25) is 10.0 Å². The van der Waals surface area contributed by atoms with Gasteiger partial charge in [0.1, 0.15) is 5.75 Å². The second-order valence-corrected chi connectivity index (χ2v) is 9.55. The number of carbonyl (C=O) groups is 1. The molecule has 1 aromatic heterocycles. The number of halogens is 1. The standard InChI is InChI=1S/C18H23BrN4O4S/c1-22-12-14(11-21-22)18(24)20-10-13-5-7-23(8-6-13)28(25,26)15-3-4-17(27-2)16(19)9-15/h3-4,9,11-13H,5-8,10H2,1-2H3,(H,20,24). The summed E-state index contributed by atoms with van der Waals surface area (Å²) in [7, 11) is -0.263. The lowest BCUT2D eigenvalue weighted by molar-refractivity contribution is 0.0941. The van der Waals surface area contributed by atoms with E-state index in [4.69, 9.17) is 4.74 Å². The topological polar surface area (TPSA) is 93.5 Å². The first-order valence-electron chi connectivity index (χ1n) is 8.92. The van der Waals surface area contributed by atoms with Crippen molar-refractivity contribution in [1.82, 2.24) is 19.4 Å². The number of benzene rings is 1. The normalized spacial score (nSPS) is 16.1. The average molecular weight is 471 g/mol. The maximum atomic E-state index is 12.9. The van der Waals surface area contributed by atoms with Crippen molar-refractivity contribution in [3.8, 4) is 5.75 Å². The molecule has 0 atom stereocenters. The highest BCUT2D eigenvalue weighted by Crippen LogP contribution is 2.30. The van der Waals surface area contributed by atoms with E-state index in [1.807, 2.05) is 0 Å². The number of amides is 1. The lowest BCUT2D eigenvalue weighted by atomic mass is 9.98. The molecule has 1 amide bonds. The summed E-state index contributed by atoms with van der Waals surface area (Å²) in [5.41, 5.74) is 0.521. The predicted octanol–water partition coefficient (Wildman–Crippen LogP) is 2.02. The van der Waals surface area contributed by atoms with Crippen LogP contribution >= 0.6 is 15.9 Å². The van der Waals surface area contributed by atoms with Crippen molar-refractivity contribution < 1.29 is 17.9 Å². The van der Waals surface area contributed by atoms with E-state index in [1.165, 1.54) is 17.6 Å². The van der Waals surface area contributed by atoms with Crippen LogP contribution < -0.4 is 10.1 Å². The first-order chi connectivity index (χ1) is 13.3. The molecule has 152 valence electrons. The van der Waals surface area contributed by atoms with Crippen molar-refractivity contribution in [3.63, 3.8) is 0 Å².